The number of hydrogen-bond donors (Lipinski definition) is 0. The number of carbonyl (C=O) groups excluding carboxylic acids is 1. The minimum Gasteiger partial charge on any atom is -0.312 e. The normalized spacial score (nSPS) is 15.1. The van der Waals surface area contributed by atoms with E-state index < -0.39 is 0 Å². The van der Waals surface area contributed by atoms with E-state index in [4.69, 9.17) is 23.2 Å². The summed E-state index contributed by atoms with van der Waals surface area (Å²) in [4.78, 5) is 13.6. The van der Waals surface area contributed by atoms with Gasteiger partial charge in [0, 0.05) is 29.6 Å². The Morgan fingerprint density at radius 3 is 2.88 bits per heavy atom. The van der Waals surface area contributed by atoms with Crippen molar-refractivity contribution in [2.75, 3.05) is 17.3 Å². The van der Waals surface area contributed by atoms with E-state index in [-0.39, 0.29) is 5.91 Å². The molecule has 0 aliphatic carbocycles. The highest BCUT2D eigenvalue weighted by atomic mass is 35.5. The van der Waals surface area contributed by atoms with Crippen molar-refractivity contribution in [3.05, 3.63) is 28.8 Å². The van der Waals surface area contributed by atoms with Gasteiger partial charge in [-0.3, -0.25) is 4.79 Å². The van der Waals surface area contributed by atoms with E-state index in [1.807, 2.05) is 18.2 Å². The fourth-order valence-electron chi connectivity index (χ4n) is 2.01. The van der Waals surface area contributed by atoms with Crippen LogP contribution in [-0.2, 0) is 11.2 Å². The van der Waals surface area contributed by atoms with Crippen LogP contribution in [0.25, 0.3) is 0 Å². The van der Waals surface area contributed by atoms with Gasteiger partial charge >= 0.3 is 0 Å². The van der Waals surface area contributed by atoms with E-state index >= 15 is 0 Å². The van der Waals surface area contributed by atoms with Crippen molar-refractivity contribution < 1.29 is 4.79 Å². The van der Waals surface area contributed by atoms with Crippen LogP contribution in [0.5, 0.6) is 0 Å². The summed E-state index contributed by atoms with van der Waals surface area (Å²) in [5, 5.41) is 0.751. The third kappa shape index (κ3) is 2.18. The van der Waals surface area contributed by atoms with Crippen LogP contribution in [0.3, 0.4) is 0 Å². The number of nitrogens with zero attached hydrogens (tertiary/aromatic N) is 1. The fourth-order valence-corrected chi connectivity index (χ4v) is 2.40. The lowest BCUT2D eigenvalue weighted by molar-refractivity contribution is -0.118. The van der Waals surface area contributed by atoms with Gasteiger partial charge in [-0.2, -0.15) is 0 Å². The second-order valence-corrected chi connectivity index (χ2v) is 4.61. The van der Waals surface area contributed by atoms with Crippen molar-refractivity contribution in [2.45, 2.75) is 19.3 Å². The second kappa shape index (κ2) is 5.07. The molecule has 2 rings (SSSR count). The SMILES string of the molecule is O=C1CCc2c(Cl)cccc2N1CCCCl. The van der Waals surface area contributed by atoms with Gasteiger partial charge in [0.05, 0.1) is 0 Å². The molecule has 0 unspecified atom stereocenters. The van der Waals surface area contributed by atoms with Crippen LogP contribution in [-0.4, -0.2) is 18.3 Å². The molecule has 0 fully saturated rings. The van der Waals surface area contributed by atoms with Gasteiger partial charge in [-0.15, -0.1) is 11.6 Å². The Bertz CT molecular complexity index is 406. The molecular weight excluding hydrogens is 245 g/mol. The topological polar surface area (TPSA) is 20.3 Å². The Kier molecular flexibility index (Phi) is 3.72. The van der Waals surface area contributed by atoms with Gasteiger partial charge in [0.1, 0.15) is 0 Å². The fraction of sp³-hybridized carbons (Fsp3) is 0.417. The number of hydrogen-bond acceptors (Lipinski definition) is 1. The lowest BCUT2D eigenvalue weighted by Gasteiger charge is -2.29. The minimum absolute atomic E-state index is 0.167. The van der Waals surface area contributed by atoms with Crippen molar-refractivity contribution in [1.82, 2.24) is 0 Å². The predicted octanol–water partition coefficient (Wildman–Crippen LogP) is 3.25. The highest BCUT2D eigenvalue weighted by Crippen LogP contribution is 2.32. The first kappa shape index (κ1) is 11.7. The molecule has 1 amide bonds. The van der Waals surface area contributed by atoms with Crippen LogP contribution >= 0.6 is 23.2 Å². The predicted molar refractivity (Wildman–Crippen MR) is 67.5 cm³/mol. The monoisotopic (exact) mass is 257 g/mol. The highest BCUT2D eigenvalue weighted by molar-refractivity contribution is 6.32. The van der Waals surface area contributed by atoms with Gasteiger partial charge in [0.15, 0.2) is 0 Å². The molecule has 1 heterocycles. The Labute approximate surface area is 105 Å². The quantitative estimate of drug-likeness (QED) is 0.762. The average molecular weight is 258 g/mol. The minimum atomic E-state index is 0.167. The molecule has 1 aliphatic rings. The molecule has 0 bridgehead atoms. The van der Waals surface area contributed by atoms with Crippen molar-refractivity contribution in [3.8, 4) is 0 Å². The van der Waals surface area contributed by atoms with E-state index in [9.17, 15) is 4.79 Å². The maximum atomic E-state index is 11.8. The van der Waals surface area contributed by atoms with E-state index in [2.05, 4.69) is 0 Å². The van der Waals surface area contributed by atoms with Crippen molar-refractivity contribution in [3.63, 3.8) is 0 Å². The number of halogens is 2. The number of anilines is 1. The highest BCUT2D eigenvalue weighted by Gasteiger charge is 2.24. The van der Waals surface area contributed by atoms with Crippen molar-refractivity contribution >= 4 is 34.8 Å². The summed E-state index contributed by atoms with van der Waals surface area (Å²) in [6, 6.07) is 5.70. The third-order valence-corrected chi connectivity index (χ3v) is 3.41. The number of rotatable bonds is 3. The van der Waals surface area contributed by atoms with Crippen LogP contribution in [0, 0.1) is 0 Å². The maximum Gasteiger partial charge on any atom is 0.227 e. The molecule has 0 aromatic heterocycles. The molecule has 86 valence electrons. The Morgan fingerprint density at radius 1 is 1.31 bits per heavy atom. The first-order valence-corrected chi connectivity index (χ1v) is 6.29. The van der Waals surface area contributed by atoms with Crippen LogP contribution in [0.4, 0.5) is 5.69 Å². The average Bonchev–Trinajstić information content (AvgIpc) is 2.28. The molecule has 0 saturated heterocycles. The molecule has 1 aliphatic heterocycles. The summed E-state index contributed by atoms with van der Waals surface area (Å²) in [5.74, 6) is 0.736. The van der Waals surface area contributed by atoms with Crippen LogP contribution < -0.4 is 4.90 Å². The zero-order valence-electron chi connectivity index (χ0n) is 8.88. The zero-order valence-corrected chi connectivity index (χ0v) is 10.4. The van der Waals surface area contributed by atoms with Crippen LogP contribution in [0.2, 0.25) is 5.02 Å². The molecule has 4 heteroatoms. The lowest BCUT2D eigenvalue weighted by atomic mass is 10.0. The molecule has 0 atom stereocenters. The first-order chi connectivity index (χ1) is 7.74. The number of alkyl halides is 1. The first-order valence-electron chi connectivity index (χ1n) is 5.37. The number of fused-ring (bicyclic) bond motifs is 1. The number of amides is 1. The smallest absolute Gasteiger partial charge is 0.227 e. The summed E-state index contributed by atoms with van der Waals surface area (Å²) in [6.07, 6.45) is 2.09. The zero-order chi connectivity index (χ0) is 11.5. The van der Waals surface area contributed by atoms with E-state index in [0.717, 1.165) is 29.1 Å². The van der Waals surface area contributed by atoms with E-state index in [0.29, 0.717) is 18.8 Å². The molecule has 0 N–H and O–H groups in total. The van der Waals surface area contributed by atoms with Crippen molar-refractivity contribution in [2.24, 2.45) is 0 Å². The maximum absolute atomic E-state index is 11.8. The second-order valence-electron chi connectivity index (χ2n) is 3.83. The molecule has 0 radical (unpaired) electrons. The van der Waals surface area contributed by atoms with Crippen molar-refractivity contribution in [1.29, 1.82) is 0 Å². The van der Waals surface area contributed by atoms with Gasteiger partial charge < -0.3 is 4.90 Å². The molecule has 0 spiro atoms. The van der Waals surface area contributed by atoms with E-state index in [1.165, 1.54) is 0 Å². The summed E-state index contributed by atoms with van der Waals surface area (Å²) in [5.41, 5.74) is 2.03. The number of carbonyl (C=O) groups is 1. The molecule has 16 heavy (non-hydrogen) atoms. The van der Waals surface area contributed by atoms with Crippen LogP contribution in [0.15, 0.2) is 18.2 Å². The van der Waals surface area contributed by atoms with Gasteiger partial charge in [-0.1, -0.05) is 17.7 Å². The third-order valence-electron chi connectivity index (χ3n) is 2.79. The molecule has 1 aromatic carbocycles. The Balaban J connectivity index is 2.32. The van der Waals surface area contributed by atoms with Gasteiger partial charge in [-0.25, -0.2) is 0 Å². The number of benzene rings is 1. The summed E-state index contributed by atoms with van der Waals surface area (Å²) >= 11 is 11.8. The largest absolute Gasteiger partial charge is 0.312 e. The molecule has 0 saturated carbocycles. The van der Waals surface area contributed by atoms with Crippen LogP contribution in [0.1, 0.15) is 18.4 Å². The van der Waals surface area contributed by atoms with Gasteiger partial charge in [0.25, 0.3) is 0 Å². The lowest BCUT2D eigenvalue weighted by Crippen LogP contribution is -2.36. The van der Waals surface area contributed by atoms with Gasteiger partial charge in [0.2, 0.25) is 5.91 Å². The summed E-state index contributed by atoms with van der Waals surface area (Å²) in [6.45, 7) is 0.676. The summed E-state index contributed by atoms with van der Waals surface area (Å²) in [7, 11) is 0. The standard InChI is InChI=1S/C12H13Cl2NO/c13-7-2-8-15-11-4-1-3-10(14)9(11)5-6-12(15)16/h1,3-4H,2,5-8H2. The Hall–Kier alpha value is -0.730. The molecular formula is C12H13Cl2NO. The molecule has 1 aromatic rings. The molecule has 2 nitrogen and oxygen atoms in total. The summed E-state index contributed by atoms with van der Waals surface area (Å²) < 4.78 is 0. The Morgan fingerprint density at radius 2 is 2.12 bits per heavy atom. The van der Waals surface area contributed by atoms with E-state index in [1.54, 1.807) is 4.90 Å². The van der Waals surface area contributed by atoms with Gasteiger partial charge in [-0.05, 0) is 30.5 Å².